The van der Waals surface area contributed by atoms with Crippen LogP contribution >= 0.6 is 0 Å². The van der Waals surface area contributed by atoms with E-state index in [2.05, 4.69) is 44.8 Å². The lowest BCUT2D eigenvalue weighted by atomic mass is 9.96. The minimum absolute atomic E-state index is 0.000192. The Hall–Kier alpha value is -14.3. The largest absolute Gasteiger partial charge is 0.450 e. The first-order chi connectivity index (χ1) is 68.8. The molecule has 2 aliphatic carbocycles. The number of para-hydroxylation sites is 5. The minimum atomic E-state index is -0.516. The Morgan fingerprint density at radius 1 is 0.289 bits per heavy atom. The molecule has 0 radical (unpaired) electrons. The summed E-state index contributed by atoms with van der Waals surface area (Å²) in [6.45, 7) is 22.4. The van der Waals surface area contributed by atoms with Crippen LogP contribution in [0.25, 0.3) is 0 Å². The molecule has 0 saturated heterocycles. The number of nitrogens with zero attached hydrogens (tertiary/aromatic N) is 5. The van der Waals surface area contributed by atoms with Gasteiger partial charge in [0.05, 0.1) is 114 Å². The molecule has 10 aromatic rings. The summed E-state index contributed by atoms with van der Waals surface area (Å²) in [5, 5.41) is 13.6. The summed E-state index contributed by atoms with van der Waals surface area (Å²) in [6, 6.07) is 67.8. The van der Waals surface area contributed by atoms with Crippen LogP contribution in [-0.2, 0) is 136 Å². The molecule has 5 heterocycles. The van der Waals surface area contributed by atoms with E-state index in [9.17, 15) is 47.9 Å². The van der Waals surface area contributed by atoms with Gasteiger partial charge < -0.3 is 47.4 Å². The normalized spacial score (nSPS) is 13.9. The monoisotopic (exact) mass is 1930 g/mol. The van der Waals surface area contributed by atoms with Crippen molar-refractivity contribution in [3.05, 3.63) is 268 Å². The van der Waals surface area contributed by atoms with Gasteiger partial charge in [0.15, 0.2) is 0 Å². The smallest absolute Gasteiger partial charge is 0.411 e. The van der Waals surface area contributed by atoms with E-state index in [0.29, 0.717) is 68.1 Å². The van der Waals surface area contributed by atoms with E-state index in [1.54, 1.807) is 59.1 Å². The fraction of sp³-hybridized carbons (Fsp3) is 0.375. The van der Waals surface area contributed by atoms with Gasteiger partial charge >= 0.3 is 30.5 Å². The van der Waals surface area contributed by atoms with E-state index in [0.717, 1.165) is 215 Å². The van der Waals surface area contributed by atoms with Crippen LogP contribution < -0.4 is 51.1 Å². The topological polar surface area (TPSA) is 339 Å². The highest BCUT2D eigenvalue weighted by atomic mass is 16.6. The Kier molecular flexibility index (Phi) is 37.9. The Labute approximate surface area is 830 Å². The zero-order valence-corrected chi connectivity index (χ0v) is 82.9. The van der Waals surface area contributed by atoms with Crippen LogP contribution in [0.15, 0.2) is 212 Å². The number of amides is 10. The number of nitrogens with one attached hydrogen (secondary N) is 5. The van der Waals surface area contributed by atoms with E-state index in [1.165, 1.54) is 0 Å². The number of benzene rings is 10. The second-order valence-corrected chi connectivity index (χ2v) is 35.5. The van der Waals surface area contributed by atoms with Crippen molar-refractivity contribution in [2.45, 2.75) is 203 Å². The molecular weight excluding hydrogens is 1810 g/mol. The molecule has 5 aliphatic heterocycles. The van der Waals surface area contributed by atoms with Crippen LogP contribution in [0.1, 0.15) is 170 Å². The Morgan fingerprint density at radius 3 is 0.746 bits per heavy atom. The van der Waals surface area contributed by atoms with Crippen LogP contribution in [0.4, 0.5) is 109 Å². The number of hydrogen-bond acceptors (Lipinski definition) is 20. The second kappa shape index (κ2) is 51.2. The summed E-state index contributed by atoms with van der Waals surface area (Å²) >= 11 is 0. The van der Waals surface area contributed by atoms with Crippen molar-refractivity contribution in [1.29, 1.82) is 0 Å². The summed E-state index contributed by atoms with van der Waals surface area (Å²) in [5.41, 5.74) is 21.6. The third-order valence-corrected chi connectivity index (χ3v) is 24.8. The molecule has 2 saturated carbocycles. The number of rotatable bonds is 26. The highest BCUT2D eigenvalue weighted by Gasteiger charge is 2.36. The van der Waals surface area contributed by atoms with E-state index < -0.39 is 30.5 Å². The van der Waals surface area contributed by atoms with Gasteiger partial charge in [-0.15, -0.1) is 0 Å². The van der Waals surface area contributed by atoms with Crippen molar-refractivity contribution in [2.75, 3.05) is 124 Å². The predicted octanol–water partition coefficient (Wildman–Crippen LogP) is 22.5. The second-order valence-electron chi connectivity index (χ2n) is 35.5. The average Bonchev–Trinajstić information content (AvgIpc) is 1.53. The molecule has 10 aromatic carbocycles. The molecule has 0 spiro atoms. The number of ether oxygens (including phenoxy) is 10. The molecule has 0 aromatic heterocycles. The fourth-order valence-corrected chi connectivity index (χ4v) is 17.0. The number of anilines is 15. The summed E-state index contributed by atoms with van der Waals surface area (Å²) in [5.74, 6) is -0.615. The quantitative estimate of drug-likeness (QED) is 0.0314. The maximum atomic E-state index is 13.4. The van der Waals surface area contributed by atoms with Crippen molar-refractivity contribution in [3.8, 4) is 0 Å². The van der Waals surface area contributed by atoms with Crippen LogP contribution in [0.3, 0.4) is 0 Å². The molecule has 17 rings (SSSR count). The third-order valence-electron chi connectivity index (χ3n) is 24.8. The van der Waals surface area contributed by atoms with Crippen molar-refractivity contribution in [1.82, 2.24) is 0 Å². The molecule has 142 heavy (non-hydrogen) atoms. The first kappa shape index (κ1) is 105. The molecule has 7 aliphatic rings. The Balaban J connectivity index is 0.000000149. The molecule has 30 heteroatoms. The molecule has 10 amide bonds. The lowest BCUT2D eigenvalue weighted by Crippen LogP contribution is -2.35. The maximum Gasteiger partial charge on any atom is 0.411 e. The van der Waals surface area contributed by atoms with Gasteiger partial charge in [0.2, 0.25) is 0 Å². The standard InChI is InChI=1S/C24H30N2O4.C23H26N2O4.C22H24N2O4.C22H26N2O4.C21H24N2O4/c1-5-24(3,4)30-16-22(27)26-20-10-8-7-9-17(20)11-12-18-13-14-19(15-21(18)26)25-23(28)29-6-2;1-2-28-23(27)24-18-13-12-17-11-10-16-6-3-4-9-20(16)25(21(17)14-18)22(26)15-29-19-7-5-8-19;1-2-27-22(26)23-17-10-9-16-8-7-15-5-3-4-6-19(15)24(20(16)13-17)21(25)14-28-18-11-12-18;1-4-27-22(26)23-18-12-11-17-10-9-16-7-5-6-8-19(16)24(20(17)13-18)21(25)14-28-15(2)3;1-3-26-14-20(24)23-18-8-6-5-7-15(18)9-10-16-11-12-17(13-19(16)23)22-21(25)27-4-2/h7-10,13-15H,5-6,11-12,16H2,1-4H3,(H,25,28);3-4,6,9,12-14,19H,2,5,7-8,10-11,15H2,1H3,(H,24,27);3-6,9-10,13,18H,2,7-8,11-12,14H2,1H3,(H,23,26);5-8,11-13,15H,4,9-10,14H2,1-3H3,(H,23,26);5-8,11-13H,3-4,9-10,14H2,1-2H3,(H,22,25). The maximum absolute atomic E-state index is 13.4. The van der Waals surface area contributed by atoms with Crippen molar-refractivity contribution in [3.63, 3.8) is 0 Å². The zero-order valence-electron chi connectivity index (χ0n) is 82.9. The van der Waals surface area contributed by atoms with E-state index in [4.69, 9.17) is 47.4 Å². The molecule has 2 fully saturated rings. The van der Waals surface area contributed by atoms with Crippen LogP contribution in [0.5, 0.6) is 0 Å². The molecule has 0 bridgehead atoms. The molecular formula is C112H130N10O20. The molecule has 0 unspecified atom stereocenters. The van der Waals surface area contributed by atoms with Gasteiger partial charge in [0.1, 0.15) is 33.0 Å². The average molecular weight is 1940 g/mol. The summed E-state index contributed by atoms with van der Waals surface area (Å²) in [4.78, 5) is 134. The lowest BCUT2D eigenvalue weighted by Gasteiger charge is -2.29. The number of hydrogen-bond donors (Lipinski definition) is 5. The number of aryl methyl sites for hydroxylation is 10. The van der Waals surface area contributed by atoms with E-state index in [-0.39, 0.29) is 86.5 Å². The van der Waals surface area contributed by atoms with Gasteiger partial charge in [0, 0.05) is 35.0 Å². The van der Waals surface area contributed by atoms with Gasteiger partial charge in [0.25, 0.3) is 29.5 Å². The number of carbonyl (C=O) groups is 10. The minimum Gasteiger partial charge on any atom is -0.450 e. The molecule has 748 valence electrons. The first-order valence-corrected chi connectivity index (χ1v) is 49.2. The van der Waals surface area contributed by atoms with Gasteiger partial charge in [-0.2, -0.15) is 0 Å². The summed E-state index contributed by atoms with van der Waals surface area (Å²) in [6.07, 6.45) is 12.1. The van der Waals surface area contributed by atoms with Gasteiger partial charge in [-0.3, -0.25) is 75.1 Å². The highest BCUT2D eigenvalue weighted by molar-refractivity contribution is 6.08. The Morgan fingerprint density at radius 2 is 0.521 bits per heavy atom. The fourth-order valence-electron chi connectivity index (χ4n) is 17.0. The molecule has 5 N–H and O–H groups in total. The number of carbonyl (C=O) groups excluding carboxylic acids is 10. The molecule has 30 nitrogen and oxygen atoms in total. The van der Waals surface area contributed by atoms with Gasteiger partial charge in [-0.25, -0.2) is 24.0 Å². The SMILES string of the molecule is CCOC(=O)Nc1ccc2c(c1)N(C(=O)COC(C)(C)CC)c1ccccc1CC2.CCOC(=O)Nc1ccc2c(c1)N(C(=O)COC(C)C)c1ccccc1CC2.CCOC(=O)Nc1ccc2c(c1)N(C(=O)COC1CC1)c1ccccc1CC2.CCOC(=O)Nc1ccc2c(c1)N(C(=O)COC1CCC1)c1ccccc1CC2.CCOCC(=O)N1c2ccccc2CCc2ccc(NC(=O)OCC)cc21. The zero-order chi connectivity index (χ0) is 101. The lowest BCUT2D eigenvalue weighted by molar-refractivity contribution is -0.128. The Bertz CT molecular complexity index is 5980. The third kappa shape index (κ3) is 28.3. The predicted molar refractivity (Wildman–Crippen MR) is 551 cm³/mol. The van der Waals surface area contributed by atoms with Crippen molar-refractivity contribution >= 4 is 145 Å². The first-order valence-electron chi connectivity index (χ1n) is 49.2. The van der Waals surface area contributed by atoms with Crippen molar-refractivity contribution < 1.29 is 95.3 Å². The summed E-state index contributed by atoms with van der Waals surface area (Å²) in [7, 11) is 0. The van der Waals surface area contributed by atoms with Crippen LogP contribution in [0.2, 0.25) is 0 Å². The van der Waals surface area contributed by atoms with Crippen molar-refractivity contribution in [2.24, 2.45) is 0 Å². The van der Waals surface area contributed by atoms with E-state index >= 15 is 0 Å². The number of fused-ring (bicyclic) bond motifs is 10. The van der Waals surface area contributed by atoms with Gasteiger partial charge in [-0.05, 0) is 319 Å². The molecule has 0 atom stereocenters. The summed E-state index contributed by atoms with van der Waals surface area (Å²) < 4.78 is 53.2. The van der Waals surface area contributed by atoms with Crippen LogP contribution in [-0.4, -0.2) is 157 Å². The van der Waals surface area contributed by atoms with E-state index in [1.807, 2.05) is 236 Å². The van der Waals surface area contributed by atoms with Gasteiger partial charge in [-0.1, -0.05) is 128 Å². The highest BCUT2D eigenvalue weighted by Crippen LogP contribution is 2.45. The van der Waals surface area contributed by atoms with Crippen LogP contribution in [0, 0.1) is 0 Å².